The van der Waals surface area contributed by atoms with E-state index in [1.54, 1.807) is 0 Å². The fraction of sp³-hybridized carbons (Fsp3) is 1.00. The van der Waals surface area contributed by atoms with Crippen LogP contribution < -0.4 is 0 Å². The lowest BCUT2D eigenvalue weighted by molar-refractivity contribution is 0.205. The number of rotatable bonds is 5. The lowest BCUT2D eigenvalue weighted by Gasteiger charge is -2.00. The zero-order chi connectivity index (χ0) is 7.98. The van der Waals surface area contributed by atoms with E-state index in [9.17, 15) is 4.57 Å². The molecule has 0 aromatic carbocycles. The van der Waals surface area contributed by atoms with Crippen molar-refractivity contribution in [3.05, 3.63) is 0 Å². The van der Waals surface area contributed by atoms with E-state index in [2.05, 4.69) is 4.52 Å². The molecule has 0 aromatic heterocycles. The molecule has 0 radical (unpaired) electrons. The van der Waals surface area contributed by atoms with Gasteiger partial charge in [0.25, 0.3) is 0 Å². The molecular formula is C4H8Cl2O3P+. The van der Waals surface area contributed by atoms with Gasteiger partial charge in [-0.25, -0.2) is 0 Å². The number of alkyl halides is 2. The first-order chi connectivity index (χ1) is 4.70. The number of halogens is 2. The normalized spacial score (nSPS) is 14.9. The quantitative estimate of drug-likeness (QED) is 0.551. The Hall–Kier alpha value is 0.600. The van der Waals surface area contributed by atoms with E-state index in [1.165, 1.54) is 0 Å². The molecule has 0 rings (SSSR count). The fourth-order valence-electron chi connectivity index (χ4n) is 0.407. The van der Waals surface area contributed by atoms with Gasteiger partial charge in [-0.05, 0) is 6.42 Å². The first-order valence-corrected chi connectivity index (χ1v) is 4.85. The van der Waals surface area contributed by atoms with Crippen LogP contribution in [0.25, 0.3) is 0 Å². The monoisotopic (exact) mass is 205 g/mol. The van der Waals surface area contributed by atoms with Gasteiger partial charge in [0.1, 0.15) is 6.10 Å². The minimum Gasteiger partial charge on any atom is -0.133 e. The van der Waals surface area contributed by atoms with E-state index in [-0.39, 0.29) is 5.88 Å². The van der Waals surface area contributed by atoms with E-state index in [4.69, 9.17) is 28.1 Å². The smallest absolute Gasteiger partial charge is 0.133 e. The Morgan fingerprint density at radius 1 is 1.60 bits per heavy atom. The molecule has 0 aliphatic rings. The highest BCUT2D eigenvalue weighted by Gasteiger charge is 2.21. The molecule has 60 valence electrons. The predicted octanol–water partition coefficient (Wildman–Crippen LogP) is 1.89. The van der Waals surface area contributed by atoms with Crippen LogP contribution in [0.4, 0.5) is 0 Å². The Labute approximate surface area is 70.2 Å². The van der Waals surface area contributed by atoms with Crippen molar-refractivity contribution in [3.63, 3.8) is 0 Å². The first-order valence-electron chi connectivity index (χ1n) is 2.65. The minimum atomic E-state index is -2.55. The zero-order valence-electron chi connectivity index (χ0n) is 5.17. The lowest BCUT2D eigenvalue weighted by atomic mass is 10.3. The van der Waals surface area contributed by atoms with Gasteiger partial charge < -0.3 is 0 Å². The fourth-order valence-corrected chi connectivity index (χ4v) is 1.39. The second kappa shape index (κ2) is 6.32. The molecule has 0 amide bonds. The Balaban J connectivity index is 3.49. The molecule has 1 N–H and O–H groups in total. The summed E-state index contributed by atoms with van der Waals surface area (Å²) < 4.78 is 14.6. The summed E-state index contributed by atoms with van der Waals surface area (Å²) >= 11 is 10.7. The van der Waals surface area contributed by atoms with Crippen molar-refractivity contribution < 1.29 is 14.0 Å². The van der Waals surface area contributed by atoms with E-state index in [1.807, 2.05) is 0 Å². The van der Waals surface area contributed by atoms with Gasteiger partial charge in [0.2, 0.25) is 0 Å². The Bertz CT molecular complexity index is 111. The minimum absolute atomic E-state index is 0.189. The standard InChI is InChI=1S/C4H7Cl2O3P/c5-2-1-4(3-6)9-10(7)8/h4H,1-3H2/p+1. The average molecular weight is 206 g/mol. The summed E-state index contributed by atoms with van der Waals surface area (Å²) in [6, 6.07) is 0. The van der Waals surface area contributed by atoms with Crippen LogP contribution in [0, 0.1) is 0 Å². The van der Waals surface area contributed by atoms with E-state index in [0.29, 0.717) is 12.3 Å². The summed E-state index contributed by atoms with van der Waals surface area (Å²) in [7, 11) is -2.55. The van der Waals surface area contributed by atoms with Crippen molar-refractivity contribution in [3.8, 4) is 0 Å². The van der Waals surface area contributed by atoms with Gasteiger partial charge >= 0.3 is 8.25 Å². The highest BCUT2D eigenvalue weighted by molar-refractivity contribution is 7.32. The molecule has 0 heterocycles. The van der Waals surface area contributed by atoms with Crippen molar-refractivity contribution in [1.82, 2.24) is 0 Å². The van der Waals surface area contributed by atoms with Crippen molar-refractivity contribution in [2.45, 2.75) is 12.5 Å². The summed E-state index contributed by atoms with van der Waals surface area (Å²) in [6.07, 6.45) is 0.0833. The van der Waals surface area contributed by atoms with Gasteiger partial charge in [0.15, 0.2) is 0 Å². The molecule has 3 nitrogen and oxygen atoms in total. The van der Waals surface area contributed by atoms with Gasteiger partial charge in [-0.1, -0.05) is 0 Å². The lowest BCUT2D eigenvalue weighted by Crippen LogP contribution is -2.11. The molecule has 10 heavy (non-hydrogen) atoms. The Morgan fingerprint density at radius 3 is 2.50 bits per heavy atom. The van der Waals surface area contributed by atoms with Crippen LogP contribution in [0.2, 0.25) is 0 Å². The largest absolute Gasteiger partial charge is 0.695 e. The molecule has 6 heteroatoms. The third kappa shape index (κ3) is 5.39. The van der Waals surface area contributed by atoms with Gasteiger partial charge in [0, 0.05) is 10.4 Å². The van der Waals surface area contributed by atoms with Crippen molar-refractivity contribution in [2.24, 2.45) is 0 Å². The van der Waals surface area contributed by atoms with Gasteiger partial charge in [-0.15, -0.1) is 32.6 Å². The molecular weight excluding hydrogens is 198 g/mol. The summed E-state index contributed by atoms with van der Waals surface area (Å²) in [5.41, 5.74) is 0. The molecule has 0 spiro atoms. The highest BCUT2D eigenvalue weighted by Crippen LogP contribution is 2.20. The van der Waals surface area contributed by atoms with Crippen LogP contribution >= 0.6 is 31.5 Å². The molecule has 0 aliphatic heterocycles. The molecule has 0 saturated carbocycles. The van der Waals surface area contributed by atoms with Crippen LogP contribution in [-0.2, 0) is 9.09 Å². The van der Waals surface area contributed by atoms with Crippen molar-refractivity contribution >= 4 is 31.5 Å². The Morgan fingerprint density at radius 2 is 2.20 bits per heavy atom. The summed E-state index contributed by atoms with van der Waals surface area (Å²) in [5, 5.41) is 0. The van der Waals surface area contributed by atoms with Gasteiger partial charge in [-0.3, -0.25) is 0 Å². The Kier molecular flexibility index (Phi) is 6.70. The van der Waals surface area contributed by atoms with Crippen LogP contribution in [0.3, 0.4) is 0 Å². The molecule has 0 bridgehead atoms. The highest BCUT2D eigenvalue weighted by atomic mass is 35.5. The van der Waals surface area contributed by atoms with Crippen molar-refractivity contribution in [1.29, 1.82) is 0 Å². The predicted molar refractivity (Wildman–Crippen MR) is 40.8 cm³/mol. The molecule has 0 aromatic rings. The molecule has 2 unspecified atom stereocenters. The molecule has 0 saturated heterocycles. The van der Waals surface area contributed by atoms with E-state index < -0.39 is 14.4 Å². The maximum Gasteiger partial charge on any atom is 0.695 e. The van der Waals surface area contributed by atoms with Crippen LogP contribution in [-0.4, -0.2) is 22.8 Å². The summed E-state index contributed by atoms with van der Waals surface area (Å²) in [4.78, 5) is 8.27. The summed E-state index contributed by atoms with van der Waals surface area (Å²) in [5.74, 6) is 0.564. The van der Waals surface area contributed by atoms with E-state index in [0.717, 1.165) is 0 Å². The molecule has 0 aliphatic carbocycles. The van der Waals surface area contributed by atoms with Crippen LogP contribution in [0.5, 0.6) is 0 Å². The number of hydrogen-bond donors (Lipinski definition) is 1. The third-order valence-corrected chi connectivity index (χ3v) is 1.88. The van der Waals surface area contributed by atoms with Crippen molar-refractivity contribution in [2.75, 3.05) is 11.8 Å². The van der Waals surface area contributed by atoms with E-state index >= 15 is 0 Å². The second-order valence-corrected chi connectivity index (χ2v) is 2.97. The third-order valence-electron chi connectivity index (χ3n) is 0.842. The SMILES string of the molecule is O=[P+](O)OC(CCl)CCCl. The maximum absolute atomic E-state index is 10.1. The second-order valence-electron chi connectivity index (χ2n) is 1.60. The molecule has 2 atom stereocenters. The van der Waals surface area contributed by atoms with Gasteiger partial charge in [0.05, 0.1) is 5.88 Å². The van der Waals surface area contributed by atoms with Crippen LogP contribution in [0.15, 0.2) is 0 Å². The topological polar surface area (TPSA) is 46.5 Å². The average Bonchev–Trinajstić information content (AvgIpc) is 1.86. The van der Waals surface area contributed by atoms with Crippen LogP contribution in [0.1, 0.15) is 6.42 Å². The maximum atomic E-state index is 10.1. The number of hydrogen-bond acceptors (Lipinski definition) is 2. The molecule has 0 fully saturated rings. The summed E-state index contributed by atoms with van der Waals surface area (Å²) in [6.45, 7) is 0. The zero-order valence-corrected chi connectivity index (χ0v) is 7.57. The van der Waals surface area contributed by atoms with Gasteiger partial charge in [-0.2, -0.15) is 0 Å². The first kappa shape index (κ1) is 10.6.